The Morgan fingerprint density at radius 1 is 1.15 bits per heavy atom. The zero-order chi connectivity index (χ0) is 22.9. The number of aryl methyl sites for hydroxylation is 1. The van der Waals surface area contributed by atoms with E-state index >= 15 is 0 Å². The van der Waals surface area contributed by atoms with Crippen LogP contribution in [0.15, 0.2) is 64.4 Å². The van der Waals surface area contributed by atoms with Gasteiger partial charge < -0.3 is 9.30 Å². The van der Waals surface area contributed by atoms with E-state index in [0.29, 0.717) is 35.6 Å². The van der Waals surface area contributed by atoms with Gasteiger partial charge in [0, 0.05) is 6.61 Å². The van der Waals surface area contributed by atoms with Crippen LogP contribution in [-0.2, 0) is 17.8 Å². The Bertz CT molecular complexity index is 1500. The van der Waals surface area contributed by atoms with E-state index in [9.17, 15) is 14.9 Å². The number of nitriles is 1. The third kappa shape index (κ3) is 3.66. The van der Waals surface area contributed by atoms with Crippen LogP contribution in [0.2, 0.25) is 0 Å². The molecule has 0 bridgehead atoms. The highest BCUT2D eigenvalue weighted by Crippen LogP contribution is 2.19. The van der Waals surface area contributed by atoms with E-state index in [-0.39, 0.29) is 12.6 Å². The van der Waals surface area contributed by atoms with E-state index in [1.165, 1.54) is 9.13 Å². The number of fused-ring (bicyclic) bond motifs is 1. The summed E-state index contributed by atoms with van der Waals surface area (Å²) in [6.45, 7) is 3.04. The molecular weight excluding hydrogens is 418 g/mol. The van der Waals surface area contributed by atoms with Crippen molar-refractivity contribution in [2.75, 3.05) is 6.61 Å². The molecule has 1 saturated heterocycles. The van der Waals surface area contributed by atoms with Crippen LogP contribution in [0.4, 0.5) is 0 Å². The van der Waals surface area contributed by atoms with Crippen molar-refractivity contribution in [3.8, 4) is 11.8 Å². The summed E-state index contributed by atoms with van der Waals surface area (Å²) in [5, 5.41) is 9.48. The monoisotopic (exact) mass is 441 g/mol. The lowest BCUT2D eigenvalue weighted by Crippen LogP contribution is -2.42. The average molecular weight is 441 g/mol. The largest absolute Gasteiger partial charge is 0.376 e. The second-order valence-electron chi connectivity index (χ2n) is 8.27. The molecule has 2 aromatic carbocycles. The summed E-state index contributed by atoms with van der Waals surface area (Å²) in [6.07, 6.45) is 3.11. The summed E-state index contributed by atoms with van der Waals surface area (Å²) in [5.74, 6) is 0. The van der Waals surface area contributed by atoms with Crippen molar-refractivity contribution in [1.82, 2.24) is 18.7 Å². The minimum Gasteiger partial charge on any atom is -0.376 e. The van der Waals surface area contributed by atoms with E-state index in [0.717, 1.165) is 24.0 Å². The zero-order valence-electron chi connectivity index (χ0n) is 18.3. The fourth-order valence-electron chi connectivity index (χ4n) is 4.43. The molecule has 0 spiro atoms. The van der Waals surface area contributed by atoms with Gasteiger partial charge in [0.1, 0.15) is 0 Å². The van der Waals surface area contributed by atoms with Gasteiger partial charge in [-0.1, -0.05) is 36.4 Å². The molecule has 1 aliphatic rings. The lowest BCUT2D eigenvalue weighted by atomic mass is 10.1. The third-order valence-corrected chi connectivity index (χ3v) is 6.15. The van der Waals surface area contributed by atoms with E-state index in [1.807, 2.05) is 43.3 Å². The fraction of sp³-hybridized carbons (Fsp3) is 0.280. The molecule has 8 heteroatoms. The van der Waals surface area contributed by atoms with Gasteiger partial charge in [-0.05, 0) is 43.0 Å². The molecular formula is C25H23N5O3. The molecule has 0 amide bonds. The topological polar surface area (TPSA) is 94.8 Å². The summed E-state index contributed by atoms with van der Waals surface area (Å²) >= 11 is 0. The molecule has 0 N–H and O–H groups in total. The predicted molar refractivity (Wildman–Crippen MR) is 124 cm³/mol. The summed E-state index contributed by atoms with van der Waals surface area (Å²) in [6, 6.07) is 17.0. The van der Waals surface area contributed by atoms with E-state index in [4.69, 9.17) is 4.74 Å². The van der Waals surface area contributed by atoms with Crippen molar-refractivity contribution in [1.29, 1.82) is 5.26 Å². The Kier molecular flexibility index (Phi) is 5.40. The minimum absolute atomic E-state index is 0.172. The highest BCUT2D eigenvalue weighted by atomic mass is 16.5. The molecule has 3 heterocycles. The van der Waals surface area contributed by atoms with Gasteiger partial charge >= 0.3 is 5.69 Å². The molecule has 1 aliphatic heterocycles. The van der Waals surface area contributed by atoms with Gasteiger partial charge in [-0.3, -0.25) is 9.36 Å². The molecule has 8 nitrogen and oxygen atoms in total. The van der Waals surface area contributed by atoms with Crippen molar-refractivity contribution in [3.05, 3.63) is 92.4 Å². The standard InChI is InChI=1S/C25H23N5O3/c1-17-7-2-5-11-21(17)30-23-22(24(31)29(25(30)32)15-20-10-6-12-33-20)28(16-27-23)14-19-9-4-3-8-18(19)13-26/h2-5,7-9,11,16,20H,6,10,12,14-15H2,1H3/t20-/m1/s1. The Morgan fingerprint density at radius 3 is 2.70 bits per heavy atom. The predicted octanol–water partition coefficient (Wildman–Crippen LogP) is 2.76. The quantitative estimate of drug-likeness (QED) is 0.475. The minimum atomic E-state index is -0.431. The number of imidazole rings is 1. The van der Waals surface area contributed by atoms with Gasteiger partial charge in [0.15, 0.2) is 11.2 Å². The first-order chi connectivity index (χ1) is 16.1. The highest BCUT2D eigenvalue weighted by Gasteiger charge is 2.24. The van der Waals surface area contributed by atoms with Gasteiger partial charge in [-0.2, -0.15) is 5.26 Å². The molecule has 5 rings (SSSR count). The van der Waals surface area contributed by atoms with Gasteiger partial charge in [0.05, 0.1) is 42.8 Å². The van der Waals surface area contributed by atoms with Gasteiger partial charge in [0.2, 0.25) is 0 Å². The van der Waals surface area contributed by atoms with Crippen LogP contribution in [0.1, 0.15) is 29.5 Å². The van der Waals surface area contributed by atoms with Gasteiger partial charge in [-0.15, -0.1) is 0 Å². The Labute approximate surface area is 189 Å². The lowest BCUT2D eigenvalue weighted by molar-refractivity contribution is 0.0950. The molecule has 0 radical (unpaired) electrons. The summed E-state index contributed by atoms with van der Waals surface area (Å²) in [5.41, 5.74) is 2.68. The van der Waals surface area contributed by atoms with Crippen LogP contribution in [0.3, 0.4) is 0 Å². The van der Waals surface area contributed by atoms with Crippen molar-refractivity contribution >= 4 is 11.2 Å². The van der Waals surface area contributed by atoms with E-state index in [1.54, 1.807) is 23.0 Å². The first-order valence-electron chi connectivity index (χ1n) is 10.9. The number of para-hydroxylation sites is 1. The highest BCUT2D eigenvalue weighted by molar-refractivity contribution is 5.73. The van der Waals surface area contributed by atoms with E-state index < -0.39 is 11.2 Å². The molecule has 166 valence electrons. The molecule has 4 aromatic rings. The summed E-state index contributed by atoms with van der Waals surface area (Å²) < 4.78 is 10.2. The smallest absolute Gasteiger partial charge is 0.337 e. The van der Waals surface area contributed by atoms with Crippen LogP contribution >= 0.6 is 0 Å². The number of nitrogens with zero attached hydrogens (tertiary/aromatic N) is 5. The first kappa shape index (κ1) is 20.9. The average Bonchev–Trinajstić information content (AvgIpc) is 3.49. The van der Waals surface area contributed by atoms with Crippen molar-refractivity contribution in [2.45, 2.75) is 39.0 Å². The summed E-state index contributed by atoms with van der Waals surface area (Å²) in [4.78, 5) is 31.7. The fourth-order valence-corrected chi connectivity index (χ4v) is 4.43. The van der Waals surface area contributed by atoms with E-state index in [2.05, 4.69) is 11.1 Å². The lowest BCUT2D eigenvalue weighted by Gasteiger charge is -2.16. The maximum atomic E-state index is 13.6. The van der Waals surface area contributed by atoms with Crippen molar-refractivity contribution in [3.63, 3.8) is 0 Å². The number of hydrogen-bond acceptors (Lipinski definition) is 5. The Balaban J connectivity index is 1.76. The number of aromatic nitrogens is 4. The number of hydrogen-bond donors (Lipinski definition) is 0. The third-order valence-electron chi connectivity index (χ3n) is 6.15. The van der Waals surface area contributed by atoms with Gasteiger partial charge in [-0.25, -0.2) is 14.3 Å². The van der Waals surface area contributed by atoms with Crippen LogP contribution < -0.4 is 11.2 Å². The molecule has 0 aliphatic carbocycles. The van der Waals surface area contributed by atoms with Gasteiger partial charge in [0.25, 0.3) is 5.56 Å². The number of rotatable bonds is 5. The second kappa shape index (κ2) is 8.52. The molecule has 0 saturated carbocycles. The van der Waals surface area contributed by atoms with Crippen LogP contribution in [0.25, 0.3) is 16.9 Å². The molecule has 33 heavy (non-hydrogen) atoms. The molecule has 0 unspecified atom stereocenters. The molecule has 1 atom stereocenters. The second-order valence-corrected chi connectivity index (χ2v) is 8.27. The van der Waals surface area contributed by atoms with Crippen molar-refractivity contribution < 1.29 is 4.74 Å². The molecule has 2 aromatic heterocycles. The Hall–Kier alpha value is -3.96. The number of benzene rings is 2. The van der Waals surface area contributed by atoms with Crippen molar-refractivity contribution in [2.24, 2.45) is 0 Å². The van der Waals surface area contributed by atoms with Crippen LogP contribution in [0.5, 0.6) is 0 Å². The maximum absolute atomic E-state index is 13.6. The SMILES string of the molecule is Cc1ccccc1-n1c(=O)n(C[C@H]2CCCO2)c(=O)c2c1ncn2Cc1ccccc1C#N. The zero-order valence-corrected chi connectivity index (χ0v) is 18.3. The van der Waals surface area contributed by atoms with Crippen LogP contribution in [-0.4, -0.2) is 31.4 Å². The van der Waals surface area contributed by atoms with Crippen LogP contribution in [0, 0.1) is 18.3 Å². The first-order valence-corrected chi connectivity index (χ1v) is 10.9. The Morgan fingerprint density at radius 2 is 1.94 bits per heavy atom. The molecule has 1 fully saturated rings. The maximum Gasteiger partial charge on any atom is 0.337 e. The number of ether oxygens (including phenoxy) is 1. The summed E-state index contributed by atoms with van der Waals surface area (Å²) in [7, 11) is 0. The normalized spacial score (nSPS) is 15.7.